The summed E-state index contributed by atoms with van der Waals surface area (Å²) in [4.78, 5) is 14.6. The van der Waals surface area contributed by atoms with E-state index in [1.54, 1.807) is 17.1 Å². The number of anilines is 1. The standard InChI is InChI=1S/C9H11N5O2S/c15-9(16)7-8(17-6-11-7)10-2-1-4-14-5-3-12-13-14/h3,5-6,10H,1-2,4H2,(H,15,16). The SMILES string of the molecule is O=C(O)c1ncsc1NCCCn1ccnn1. The molecule has 0 aromatic carbocycles. The van der Waals surface area contributed by atoms with Crippen LogP contribution in [0.2, 0.25) is 0 Å². The Morgan fingerprint density at radius 3 is 3.18 bits per heavy atom. The minimum absolute atomic E-state index is 0.0794. The van der Waals surface area contributed by atoms with Crippen molar-refractivity contribution < 1.29 is 9.90 Å². The molecule has 2 rings (SSSR count). The van der Waals surface area contributed by atoms with Crippen LogP contribution in [0, 0.1) is 0 Å². The number of rotatable bonds is 6. The van der Waals surface area contributed by atoms with Crippen molar-refractivity contribution in [3.8, 4) is 0 Å². The average molecular weight is 253 g/mol. The molecule has 8 heteroatoms. The van der Waals surface area contributed by atoms with Gasteiger partial charge < -0.3 is 10.4 Å². The predicted octanol–water partition coefficient (Wildman–Crippen LogP) is 0.935. The molecule has 0 spiro atoms. The number of nitrogens with zero attached hydrogens (tertiary/aromatic N) is 4. The Labute approximate surface area is 101 Å². The molecule has 0 radical (unpaired) electrons. The Bertz CT molecular complexity index is 481. The van der Waals surface area contributed by atoms with Crippen molar-refractivity contribution in [2.75, 3.05) is 11.9 Å². The van der Waals surface area contributed by atoms with E-state index in [4.69, 9.17) is 5.11 Å². The molecule has 0 fully saturated rings. The smallest absolute Gasteiger partial charge is 0.357 e. The van der Waals surface area contributed by atoms with E-state index in [1.807, 2.05) is 0 Å². The van der Waals surface area contributed by atoms with E-state index in [1.165, 1.54) is 16.8 Å². The maximum Gasteiger partial charge on any atom is 0.357 e. The fraction of sp³-hybridized carbons (Fsp3) is 0.333. The lowest BCUT2D eigenvalue weighted by molar-refractivity contribution is 0.0692. The zero-order valence-corrected chi connectivity index (χ0v) is 9.72. The average Bonchev–Trinajstić information content (AvgIpc) is 2.95. The van der Waals surface area contributed by atoms with Crippen LogP contribution in [-0.4, -0.2) is 37.6 Å². The topological polar surface area (TPSA) is 92.9 Å². The molecule has 2 heterocycles. The zero-order valence-electron chi connectivity index (χ0n) is 8.91. The first-order chi connectivity index (χ1) is 8.27. The molecule has 0 aliphatic heterocycles. The number of hydrogen-bond acceptors (Lipinski definition) is 6. The summed E-state index contributed by atoms with van der Waals surface area (Å²) in [5.41, 5.74) is 1.60. The third kappa shape index (κ3) is 3.00. The van der Waals surface area contributed by atoms with Crippen LogP contribution in [-0.2, 0) is 6.54 Å². The molecule has 7 nitrogen and oxygen atoms in total. The summed E-state index contributed by atoms with van der Waals surface area (Å²) < 4.78 is 1.73. The highest BCUT2D eigenvalue weighted by molar-refractivity contribution is 7.14. The third-order valence-electron chi connectivity index (χ3n) is 2.09. The van der Waals surface area contributed by atoms with Gasteiger partial charge in [-0.05, 0) is 6.42 Å². The van der Waals surface area contributed by atoms with Gasteiger partial charge in [-0.15, -0.1) is 16.4 Å². The Morgan fingerprint density at radius 1 is 1.59 bits per heavy atom. The van der Waals surface area contributed by atoms with E-state index in [-0.39, 0.29) is 5.69 Å². The van der Waals surface area contributed by atoms with Gasteiger partial charge in [-0.3, -0.25) is 4.68 Å². The van der Waals surface area contributed by atoms with Gasteiger partial charge in [0, 0.05) is 19.3 Å². The molecular formula is C9H11N5O2S. The van der Waals surface area contributed by atoms with Crippen molar-refractivity contribution in [2.45, 2.75) is 13.0 Å². The van der Waals surface area contributed by atoms with Gasteiger partial charge in [0.15, 0.2) is 5.69 Å². The van der Waals surface area contributed by atoms with Crippen LogP contribution in [0.15, 0.2) is 17.9 Å². The highest BCUT2D eigenvalue weighted by Gasteiger charge is 2.12. The number of aromatic carboxylic acids is 1. The maximum atomic E-state index is 10.8. The van der Waals surface area contributed by atoms with Crippen molar-refractivity contribution in [3.63, 3.8) is 0 Å². The van der Waals surface area contributed by atoms with Gasteiger partial charge in [0.2, 0.25) is 0 Å². The summed E-state index contributed by atoms with van der Waals surface area (Å²) in [6.07, 6.45) is 4.24. The molecule has 0 atom stereocenters. The van der Waals surface area contributed by atoms with Crippen LogP contribution in [0.4, 0.5) is 5.00 Å². The van der Waals surface area contributed by atoms with Crippen LogP contribution >= 0.6 is 11.3 Å². The van der Waals surface area contributed by atoms with Gasteiger partial charge in [0.1, 0.15) is 5.00 Å². The third-order valence-corrected chi connectivity index (χ3v) is 2.88. The zero-order chi connectivity index (χ0) is 12.1. The summed E-state index contributed by atoms with van der Waals surface area (Å²) in [5, 5.41) is 20.0. The van der Waals surface area contributed by atoms with Crippen LogP contribution < -0.4 is 5.32 Å². The number of carbonyl (C=O) groups is 1. The number of nitrogens with one attached hydrogen (secondary N) is 1. The number of carboxylic acids is 1. The van der Waals surface area contributed by atoms with Gasteiger partial charge in [-0.1, -0.05) is 5.21 Å². The van der Waals surface area contributed by atoms with E-state index in [2.05, 4.69) is 20.6 Å². The molecule has 0 bridgehead atoms. The lowest BCUT2D eigenvalue weighted by atomic mass is 10.4. The quantitative estimate of drug-likeness (QED) is 0.744. The Kier molecular flexibility index (Phi) is 3.66. The van der Waals surface area contributed by atoms with Gasteiger partial charge in [0.05, 0.1) is 11.7 Å². The molecule has 0 aliphatic rings. The molecule has 0 aliphatic carbocycles. The van der Waals surface area contributed by atoms with E-state index in [9.17, 15) is 4.79 Å². The monoisotopic (exact) mass is 253 g/mol. The predicted molar refractivity (Wildman–Crippen MR) is 62.2 cm³/mol. The van der Waals surface area contributed by atoms with Crippen molar-refractivity contribution >= 4 is 22.3 Å². The van der Waals surface area contributed by atoms with E-state index >= 15 is 0 Å². The minimum Gasteiger partial charge on any atom is -0.476 e. The molecule has 0 saturated heterocycles. The number of aromatic nitrogens is 4. The first kappa shape index (κ1) is 11.5. The van der Waals surface area contributed by atoms with Crippen LogP contribution in [0.25, 0.3) is 0 Å². The Balaban J connectivity index is 1.78. The van der Waals surface area contributed by atoms with Gasteiger partial charge in [0.25, 0.3) is 0 Å². The minimum atomic E-state index is -1.01. The van der Waals surface area contributed by atoms with E-state index in [0.717, 1.165) is 13.0 Å². The largest absolute Gasteiger partial charge is 0.476 e. The molecule has 17 heavy (non-hydrogen) atoms. The van der Waals surface area contributed by atoms with Crippen LogP contribution in [0.3, 0.4) is 0 Å². The van der Waals surface area contributed by atoms with Crippen molar-refractivity contribution in [1.82, 2.24) is 20.0 Å². The van der Waals surface area contributed by atoms with Crippen molar-refractivity contribution in [1.29, 1.82) is 0 Å². The second-order valence-electron chi connectivity index (χ2n) is 3.28. The first-order valence-electron chi connectivity index (χ1n) is 5.02. The molecule has 2 N–H and O–H groups in total. The molecule has 0 unspecified atom stereocenters. The summed E-state index contributed by atoms with van der Waals surface area (Å²) in [5.74, 6) is -1.01. The molecular weight excluding hydrogens is 242 g/mol. The first-order valence-corrected chi connectivity index (χ1v) is 5.90. The lowest BCUT2D eigenvalue weighted by Gasteiger charge is -2.04. The fourth-order valence-electron chi connectivity index (χ4n) is 1.32. The Hall–Kier alpha value is -1.96. The molecule has 2 aromatic heterocycles. The van der Waals surface area contributed by atoms with E-state index in [0.29, 0.717) is 11.5 Å². The lowest BCUT2D eigenvalue weighted by Crippen LogP contribution is -2.09. The van der Waals surface area contributed by atoms with Crippen LogP contribution in [0.1, 0.15) is 16.9 Å². The highest BCUT2D eigenvalue weighted by Crippen LogP contribution is 2.19. The fourth-order valence-corrected chi connectivity index (χ4v) is 2.02. The second kappa shape index (κ2) is 5.39. The number of aryl methyl sites for hydroxylation is 1. The second-order valence-corrected chi connectivity index (χ2v) is 4.14. The van der Waals surface area contributed by atoms with Crippen molar-refractivity contribution in [2.24, 2.45) is 0 Å². The summed E-state index contributed by atoms with van der Waals surface area (Å²) in [7, 11) is 0. The van der Waals surface area contributed by atoms with E-state index < -0.39 is 5.97 Å². The number of hydrogen-bond donors (Lipinski definition) is 2. The summed E-state index contributed by atoms with van der Waals surface area (Å²) in [6.45, 7) is 1.41. The normalized spacial score (nSPS) is 10.4. The number of thiazole rings is 1. The Morgan fingerprint density at radius 2 is 2.47 bits per heavy atom. The molecule has 0 saturated carbocycles. The number of carboxylic acid groups (broad SMARTS) is 1. The van der Waals surface area contributed by atoms with Gasteiger partial charge in [-0.2, -0.15) is 0 Å². The van der Waals surface area contributed by atoms with Crippen LogP contribution in [0.5, 0.6) is 0 Å². The van der Waals surface area contributed by atoms with Gasteiger partial charge in [-0.25, -0.2) is 9.78 Å². The van der Waals surface area contributed by atoms with Crippen molar-refractivity contribution in [3.05, 3.63) is 23.6 Å². The highest BCUT2D eigenvalue weighted by atomic mass is 32.1. The molecule has 90 valence electrons. The summed E-state index contributed by atoms with van der Waals surface area (Å²) in [6, 6.07) is 0. The maximum absolute atomic E-state index is 10.8. The van der Waals surface area contributed by atoms with Gasteiger partial charge >= 0.3 is 5.97 Å². The molecule has 0 amide bonds. The summed E-state index contributed by atoms with van der Waals surface area (Å²) >= 11 is 1.29. The molecule has 2 aromatic rings.